The average molecular weight is 319 g/mol. The van der Waals surface area contributed by atoms with E-state index in [2.05, 4.69) is 45.1 Å². The van der Waals surface area contributed by atoms with Gasteiger partial charge in [0.1, 0.15) is 17.3 Å². The molecule has 17 heavy (non-hydrogen) atoms. The highest BCUT2D eigenvalue weighted by atomic mass is 79.9. The van der Waals surface area contributed by atoms with Crippen molar-refractivity contribution in [2.75, 3.05) is 5.32 Å². The molecule has 1 saturated carbocycles. The largest absolute Gasteiger partial charge is 0.366 e. The van der Waals surface area contributed by atoms with E-state index < -0.39 is 0 Å². The van der Waals surface area contributed by atoms with Gasteiger partial charge in [0.25, 0.3) is 0 Å². The molecule has 1 aliphatic rings. The van der Waals surface area contributed by atoms with Gasteiger partial charge in [-0.3, -0.25) is 0 Å². The lowest BCUT2D eigenvalue weighted by atomic mass is 9.93. The second-order valence-electron chi connectivity index (χ2n) is 4.68. The fourth-order valence-electron chi connectivity index (χ4n) is 2.65. The number of halogens is 2. The molecule has 5 heteroatoms. The van der Waals surface area contributed by atoms with Crippen LogP contribution < -0.4 is 5.32 Å². The van der Waals surface area contributed by atoms with Crippen LogP contribution >= 0.6 is 27.5 Å². The zero-order chi connectivity index (χ0) is 12.4. The molecule has 0 amide bonds. The SMILES string of the molecule is CCC1CCC(Nc2ncnc(Cl)c2Br)C1C. The standard InChI is InChI=1S/C12H17BrClN3/c1-3-8-4-5-9(7(8)2)17-12-10(13)11(14)15-6-16-12/h6-9H,3-5H2,1-2H3,(H,15,16,17). The molecule has 0 radical (unpaired) electrons. The fourth-order valence-corrected chi connectivity index (χ4v) is 3.10. The second-order valence-corrected chi connectivity index (χ2v) is 5.83. The fraction of sp³-hybridized carbons (Fsp3) is 0.667. The molecule has 0 spiro atoms. The third kappa shape index (κ3) is 2.74. The van der Waals surface area contributed by atoms with Crippen LogP contribution in [0, 0.1) is 11.8 Å². The van der Waals surface area contributed by atoms with Gasteiger partial charge in [-0.1, -0.05) is 31.9 Å². The van der Waals surface area contributed by atoms with Crippen LogP contribution in [-0.2, 0) is 0 Å². The van der Waals surface area contributed by atoms with Gasteiger partial charge < -0.3 is 5.32 Å². The van der Waals surface area contributed by atoms with Crippen LogP contribution in [0.5, 0.6) is 0 Å². The lowest BCUT2D eigenvalue weighted by Crippen LogP contribution is -2.25. The van der Waals surface area contributed by atoms with Crippen LogP contribution in [0.1, 0.15) is 33.1 Å². The quantitative estimate of drug-likeness (QED) is 0.852. The van der Waals surface area contributed by atoms with Crippen molar-refractivity contribution in [1.29, 1.82) is 0 Å². The van der Waals surface area contributed by atoms with E-state index in [4.69, 9.17) is 11.6 Å². The summed E-state index contributed by atoms with van der Waals surface area (Å²) in [5.74, 6) is 2.31. The minimum Gasteiger partial charge on any atom is -0.366 e. The summed E-state index contributed by atoms with van der Waals surface area (Å²) in [4.78, 5) is 8.17. The molecule has 94 valence electrons. The zero-order valence-electron chi connectivity index (χ0n) is 10.1. The molecule has 0 aromatic carbocycles. The van der Waals surface area contributed by atoms with Gasteiger partial charge in [0.2, 0.25) is 0 Å². The maximum absolute atomic E-state index is 5.95. The number of hydrogen-bond acceptors (Lipinski definition) is 3. The van der Waals surface area contributed by atoms with Gasteiger partial charge in [-0.2, -0.15) is 0 Å². The number of nitrogens with one attached hydrogen (secondary N) is 1. The lowest BCUT2D eigenvalue weighted by Gasteiger charge is -2.22. The maximum Gasteiger partial charge on any atom is 0.148 e. The summed E-state index contributed by atoms with van der Waals surface area (Å²) in [5.41, 5.74) is 0. The maximum atomic E-state index is 5.95. The summed E-state index contributed by atoms with van der Waals surface area (Å²) in [5, 5.41) is 3.94. The smallest absolute Gasteiger partial charge is 0.148 e. The van der Waals surface area contributed by atoms with Crippen molar-refractivity contribution in [2.45, 2.75) is 39.2 Å². The molecule has 1 fully saturated rings. The first-order chi connectivity index (χ1) is 8.13. The molecule has 1 N–H and O–H groups in total. The summed E-state index contributed by atoms with van der Waals surface area (Å²) < 4.78 is 0.758. The number of aromatic nitrogens is 2. The highest BCUT2D eigenvalue weighted by Gasteiger charge is 2.32. The first-order valence-electron chi connectivity index (χ1n) is 6.06. The van der Waals surface area contributed by atoms with E-state index in [9.17, 15) is 0 Å². The van der Waals surface area contributed by atoms with E-state index in [0.29, 0.717) is 17.1 Å². The van der Waals surface area contributed by atoms with Crippen LogP contribution in [0.25, 0.3) is 0 Å². The van der Waals surface area contributed by atoms with Crippen LogP contribution in [0.4, 0.5) is 5.82 Å². The van der Waals surface area contributed by atoms with Gasteiger partial charge in [0.15, 0.2) is 0 Å². The Balaban J connectivity index is 2.09. The van der Waals surface area contributed by atoms with Crippen molar-refractivity contribution in [3.63, 3.8) is 0 Å². The van der Waals surface area contributed by atoms with Gasteiger partial charge in [-0.05, 0) is 40.6 Å². The number of nitrogens with zero attached hydrogens (tertiary/aromatic N) is 2. The molecule has 3 nitrogen and oxygen atoms in total. The molecular formula is C12H17BrClN3. The van der Waals surface area contributed by atoms with Crippen LogP contribution in [0.2, 0.25) is 5.15 Å². The first-order valence-corrected chi connectivity index (χ1v) is 7.23. The van der Waals surface area contributed by atoms with Crippen molar-refractivity contribution < 1.29 is 0 Å². The van der Waals surface area contributed by atoms with E-state index in [1.165, 1.54) is 25.6 Å². The molecule has 1 aromatic heterocycles. The Morgan fingerprint density at radius 1 is 1.47 bits per heavy atom. The summed E-state index contributed by atoms with van der Waals surface area (Å²) in [6.07, 6.45) is 5.25. The monoisotopic (exact) mass is 317 g/mol. The predicted molar refractivity (Wildman–Crippen MR) is 74.3 cm³/mol. The summed E-state index contributed by atoms with van der Waals surface area (Å²) in [6.45, 7) is 4.58. The molecule has 2 rings (SSSR count). The molecule has 1 heterocycles. The first kappa shape index (κ1) is 13.1. The van der Waals surface area contributed by atoms with Gasteiger partial charge in [0.05, 0.1) is 4.47 Å². The summed E-state index contributed by atoms with van der Waals surface area (Å²) in [6, 6.07) is 0.488. The Morgan fingerprint density at radius 2 is 2.24 bits per heavy atom. The molecule has 3 atom stereocenters. The molecule has 1 aliphatic carbocycles. The van der Waals surface area contributed by atoms with Gasteiger partial charge in [-0.15, -0.1) is 0 Å². The van der Waals surface area contributed by atoms with Crippen molar-refractivity contribution in [1.82, 2.24) is 9.97 Å². The number of rotatable bonds is 3. The molecular weight excluding hydrogens is 302 g/mol. The summed E-state index contributed by atoms with van der Waals surface area (Å²) in [7, 11) is 0. The van der Waals surface area contributed by atoms with Gasteiger partial charge >= 0.3 is 0 Å². The summed E-state index contributed by atoms with van der Waals surface area (Å²) >= 11 is 9.37. The van der Waals surface area contributed by atoms with E-state index >= 15 is 0 Å². The third-order valence-electron chi connectivity index (χ3n) is 3.82. The molecule has 0 bridgehead atoms. The van der Waals surface area contributed by atoms with Crippen molar-refractivity contribution in [3.8, 4) is 0 Å². The highest BCUT2D eigenvalue weighted by Crippen LogP contribution is 2.37. The van der Waals surface area contributed by atoms with E-state index in [0.717, 1.165) is 16.2 Å². The number of hydrogen-bond donors (Lipinski definition) is 1. The zero-order valence-corrected chi connectivity index (χ0v) is 12.4. The van der Waals surface area contributed by atoms with Crippen LogP contribution in [-0.4, -0.2) is 16.0 Å². The normalized spacial score (nSPS) is 28.4. The lowest BCUT2D eigenvalue weighted by molar-refractivity contribution is 0.391. The van der Waals surface area contributed by atoms with Crippen molar-refractivity contribution in [2.24, 2.45) is 11.8 Å². The Morgan fingerprint density at radius 3 is 2.88 bits per heavy atom. The van der Waals surface area contributed by atoms with Gasteiger partial charge in [0, 0.05) is 6.04 Å². The predicted octanol–water partition coefficient (Wildman–Crippen LogP) is 4.13. The third-order valence-corrected chi connectivity index (χ3v) is 5.09. The van der Waals surface area contributed by atoms with Crippen LogP contribution in [0.15, 0.2) is 10.8 Å². The van der Waals surface area contributed by atoms with Crippen molar-refractivity contribution >= 4 is 33.3 Å². The highest BCUT2D eigenvalue weighted by molar-refractivity contribution is 9.10. The molecule has 3 unspecified atom stereocenters. The Bertz CT molecular complexity index is 399. The second kappa shape index (κ2) is 5.53. The Labute approximate surface area is 116 Å². The minimum atomic E-state index is 0.459. The average Bonchev–Trinajstić information content (AvgIpc) is 2.66. The minimum absolute atomic E-state index is 0.459. The van der Waals surface area contributed by atoms with E-state index in [-0.39, 0.29) is 0 Å². The van der Waals surface area contributed by atoms with E-state index in [1.54, 1.807) is 0 Å². The Hall–Kier alpha value is -0.350. The number of anilines is 1. The molecule has 0 aliphatic heterocycles. The van der Waals surface area contributed by atoms with Gasteiger partial charge in [-0.25, -0.2) is 9.97 Å². The topological polar surface area (TPSA) is 37.8 Å². The Kier molecular flexibility index (Phi) is 4.26. The van der Waals surface area contributed by atoms with E-state index in [1.807, 2.05) is 0 Å². The van der Waals surface area contributed by atoms with Crippen molar-refractivity contribution in [3.05, 3.63) is 16.0 Å². The van der Waals surface area contributed by atoms with Crippen LogP contribution in [0.3, 0.4) is 0 Å². The molecule has 0 saturated heterocycles. The molecule has 1 aromatic rings.